The van der Waals surface area contributed by atoms with E-state index >= 15 is 0 Å². The fourth-order valence-corrected chi connectivity index (χ4v) is 3.50. The fourth-order valence-electron chi connectivity index (χ4n) is 3.50. The van der Waals surface area contributed by atoms with Gasteiger partial charge < -0.3 is 8.83 Å². The molecule has 0 N–H and O–H groups in total. The molecule has 0 saturated carbocycles. The van der Waals surface area contributed by atoms with Crippen LogP contribution in [0.25, 0.3) is 44.2 Å². The summed E-state index contributed by atoms with van der Waals surface area (Å²) in [5.41, 5.74) is 6.03. The van der Waals surface area contributed by atoms with Crippen LogP contribution in [-0.4, -0.2) is 0 Å². The third-order valence-electron chi connectivity index (χ3n) is 4.89. The van der Waals surface area contributed by atoms with Crippen LogP contribution in [0.5, 0.6) is 0 Å². The van der Waals surface area contributed by atoms with Crippen molar-refractivity contribution in [3.05, 3.63) is 95.0 Å². The molecule has 3 heteroatoms. The Labute approximate surface area is 155 Å². The summed E-state index contributed by atoms with van der Waals surface area (Å²) in [6.07, 6.45) is 1.76. The summed E-state index contributed by atoms with van der Waals surface area (Å²) < 4.78 is 11.2. The summed E-state index contributed by atoms with van der Waals surface area (Å²) in [4.78, 5) is 12.1. The topological polar surface area (TPSA) is 43.4 Å². The van der Waals surface area contributed by atoms with Crippen molar-refractivity contribution in [1.29, 1.82) is 0 Å². The second kappa shape index (κ2) is 5.99. The van der Waals surface area contributed by atoms with Gasteiger partial charge in [-0.05, 0) is 29.7 Å². The molecule has 0 unspecified atom stereocenters. The Balaban J connectivity index is 1.82. The zero-order valence-electron chi connectivity index (χ0n) is 14.7. The van der Waals surface area contributed by atoms with E-state index in [-0.39, 0.29) is 5.63 Å². The second-order valence-electron chi connectivity index (χ2n) is 6.71. The zero-order chi connectivity index (χ0) is 18.4. The average Bonchev–Trinajstić information content (AvgIpc) is 3.10. The Hall–Kier alpha value is -3.59. The van der Waals surface area contributed by atoms with Gasteiger partial charge in [-0.2, -0.15) is 0 Å². The highest BCUT2D eigenvalue weighted by atomic mass is 16.4. The van der Waals surface area contributed by atoms with E-state index in [2.05, 4.69) is 37.3 Å². The number of rotatable bonds is 2. The third-order valence-corrected chi connectivity index (χ3v) is 4.89. The molecule has 0 atom stereocenters. The molecule has 2 aromatic heterocycles. The van der Waals surface area contributed by atoms with Crippen molar-refractivity contribution in [3.8, 4) is 22.3 Å². The Bertz CT molecular complexity index is 1320. The molecular weight excluding hydrogens is 336 g/mol. The lowest BCUT2D eigenvalue weighted by atomic mass is 9.98. The van der Waals surface area contributed by atoms with Crippen molar-refractivity contribution in [1.82, 2.24) is 0 Å². The molecule has 0 aliphatic rings. The number of aryl methyl sites for hydroxylation is 1. The molecule has 0 bridgehead atoms. The van der Waals surface area contributed by atoms with E-state index in [4.69, 9.17) is 8.83 Å². The van der Waals surface area contributed by atoms with Crippen molar-refractivity contribution in [2.45, 2.75) is 6.92 Å². The first-order valence-corrected chi connectivity index (χ1v) is 8.80. The lowest BCUT2D eigenvalue weighted by molar-refractivity contribution is 0.559. The van der Waals surface area contributed by atoms with Gasteiger partial charge in [0.15, 0.2) is 0 Å². The molecule has 0 aliphatic heterocycles. The first-order valence-electron chi connectivity index (χ1n) is 8.80. The van der Waals surface area contributed by atoms with E-state index < -0.39 is 0 Å². The summed E-state index contributed by atoms with van der Waals surface area (Å²) in [6.45, 7) is 2.07. The van der Waals surface area contributed by atoms with Crippen molar-refractivity contribution in [2.75, 3.05) is 0 Å². The lowest BCUT2D eigenvalue weighted by Gasteiger charge is -2.06. The van der Waals surface area contributed by atoms with Crippen LogP contribution in [0, 0.1) is 6.92 Å². The van der Waals surface area contributed by atoms with Gasteiger partial charge in [-0.15, -0.1) is 0 Å². The summed E-state index contributed by atoms with van der Waals surface area (Å²) in [5, 5.41) is 1.89. The highest BCUT2D eigenvalue weighted by Crippen LogP contribution is 2.36. The van der Waals surface area contributed by atoms with Gasteiger partial charge in [0.2, 0.25) is 0 Å². The van der Waals surface area contributed by atoms with Gasteiger partial charge in [0.25, 0.3) is 0 Å². The van der Waals surface area contributed by atoms with E-state index in [0.717, 1.165) is 33.0 Å². The van der Waals surface area contributed by atoms with Crippen LogP contribution in [0.1, 0.15) is 5.56 Å². The first kappa shape index (κ1) is 15.6. The Morgan fingerprint density at radius 2 is 1.41 bits per heavy atom. The van der Waals surface area contributed by atoms with Crippen molar-refractivity contribution in [3.63, 3.8) is 0 Å². The highest BCUT2D eigenvalue weighted by molar-refractivity contribution is 6.05. The minimum absolute atomic E-state index is 0.369. The van der Waals surface area contributed by atoms with Crippen LogP contribution in [0.2, 0.25) is 0 Å². The summed E-state index contributed by atoms with van der Waals surface area (Å²) >= 11 is 0. The maximum atomic E-state index is 12.1. The molecule has 5 aromatic rings. The zero-order valence-corrected chi connectivity index (χ0v) is 14.7. The molecular formula is C24H16O3. The number of hydrogen-bond donors (Lipinski definition) is 0. The van der Waals surface area contributed by atoms with Crippen molar-refractivity contribution in [2.24, 2.45) is 0 Å². The maximum absolute atomic E-state index is 12.1. The van der Waals surface area contributed by atoms with Gasteiger partial charge in [-0.1, -0.05) is 60.2 Å². The number of fused-ring (bicyclic) bond motifs is 2. The molecule has 5 rings (SSSR count). The minimum atomic E-state index is -0.369. The quantitative estimate of drug-likeness (QED) is 0.356. The molecule has 0 fully saturated rings. The van der Waals surface area contributed by atoms with E-state index in [9.17, 15) is 4.79 Å². The van der Waals surface area contributed by atoms with E-state index in [1.165, 1.54) is 5.56 Å². The molecule has 0 spiro atoms. The fraction of sp³-hybridized carbons (Fsp3) is 0.0417. The van der Waals surface area contributed by atoms with Gasteiger partial charge in [-0.3, -0.25) is 0 Å². The van der Waals surface area contributed by atoms with Gasteiger partial charge in [0.05, 0.1) is 6.26 Å². The predicted octanol–water partition coefficient (Wildman–Crippen LogP) is 6.18. The standard InChI is InChI=1S/C24H16O3/c1-15-7-9-17(10-8-15)21-14-26-22-13-23-19(11-20(21)22)18(12-24(25)27-23)16-5-3-2-4-6-16/h2-14H,1H3. The molecule has 0 radical (unpaired) electrons. The smallest absolute Gasteiger partial charge is 0.336 e. The SMILES string of the molecule is Cc1ccc(-c2coc3cc4oc(=O)cc(-c5ccccc5)c4cc23)cc1. The third kappa shape index (κ3) is 2.64. The molecule has 0 aliphatic carbocycles. The van der Waals surface area contributed by atoms with Crippen LogP contribution in [0.4, 0.5) is 0 Å². The van der Waals surface area contributed by atoms with Crippen LogP contribution < -0.4 is 5.63 Å². The largest absolute Gasteiger partial charge is 0.464 e. The summed E-state index contributed by atoms with van der Waals surface area (Å²) in [7, 11) is 0. The Kier molecular flexibility index (Phi) is 3.47. The van der Waals surface area contributed by atoms with E-state index in [0.29, 0.717) is 11.2 Å². The van der Waals surface area contributed by atoms with Gasteiger partial charge in [0, 0.05) is 28.5 Å². The molecule has 130 valence electrons. The normalized spacial score (nSPS) is 11.3. The molecule has 2 heterocycles. The molecule has 0 amide bonds. The molecule has 27 heavy (non-hydrogen) atoms. The Morgan fingerprint density at radius 3 is 2.19 bits per heavy atom. The number of hydrogen-bond acceptors (Lipinski definition) is 3. The summed E-state index contributed by atoms with van der Waals surface area (Å²) in [5.74, 6) is 0. The van der Waals surface area contributed by atoms with Crippen LogP contribution in [-0.2, 0) is 0 Å². The monoisotopic (exact) mass is 352 g/mol. The van der Waals surface area contributed by atoms with Crippen LogP contribution >= 0.6 is 0 Å². The maximum Gasteiger partial charge on any atom is 0.336 e. The van der Waals surface area contributed by atoms with E-state index in [1.54, 1.807) is 18.4 Å². The van der Waals surface area contributed by atoms with Crippen molar-refractivity contribution >= 4 is 21.9 Å². The number of benzene rings is 3. The first-order chi connectivity index (χ1) is 13.2. The van der Waals surface area contributed by atoms with Gasteiger partial charge in [-0.25, -0.2) is 4.79 Å². The molecule has 0 saturated heterocycles. The van der Waals surface area contributed by atoms with Gasteiger partial charge in [0.1, 0.15) is 11.2 Å². The minimum Gasteiger partial charge on any atom is -0.464 e. The average molecular weight is 352 g/mol. The predicted molar refractivity (Wildman–Crippen MR) is 108 cm³/mol. The highest BCUT2D eigenvalue weighted by Gasteiger charge is 2.14. The van der Waals surface area contributed by atoms with Crippen molar-refractivity contribution < 1.29 is 8.83 Å². The van der Waals surface area contributed by atoms with E-state index in [1.807, 2.05) is 30.3 Å². The second-order valence-corrected chi connectivity index (χ2v) is 6.71. The molecule has 3 nitrogen and oxygen atoms in total. The summed E-state index contributed by atoms with van der Waals surface area (Å²) in [6, 6.07) is 23.6. The van der Waals surface area contributed by atoms with Crippen LogP contribution in [0.15, 0.2) is 92.7 Å². The van der Waals surface area contributed by atoms with Gasteiger partial charge >= 0.3 is 5.63 Å². The molecule has 3 aromatic carbocycles. The Morgan fingerprint density at radius 1 is 0.704 bits per heavy atom. The lowest BCUT2D eigenvalue weighted by Crippen LogP contribution is -1.98. The number of furan rings is 1. The van der Waals surface area contributed by atoms with Crippen LogP contribution in [0.3, 0.4) is 0 Å².